The minimum Gasteiger partial charge on any atom is -0.375 e. The summed E-state index contributed by atoms with van der Waals surface area (Å²) in [4.78, 5) is 17.4. The first-order chi connectivity index (χ1) is 6.83. The smallest absolute Gasteiger partial charge is 0.254 e. The lowest BCUT2D eigenvalue weighted by molar-refractivity contribution is -0.122. The van der Waals surface area contributed by atoms with E-state index in [9.17, 15) is 4.79 Å². The minimum absolute atomic E-state index is 0.0232. The van der Waals surface area contributed by atoms with Crippen LogP contribution in [-0.4, -0.2) is 31.2 Å². The zero-order chi connectivity index (χ0) is 9.97. The van der Waals surface area contributed by atoms with E-state index in [1.165, 1.54) is 7.11 Å². The van der Waals surface area contributed by atoms with Gasteiger partial charge in [-0.25, -0.2) is 4.98 Å². The normalized spacial score (nSPS) is 14.2. The Kier molecular flexibility index (Phi) is 2.45. The van der Waals surface area contributed by atoms with E-state index in [4.69, 9.17) is 4.74 Å². The number of fused-ring (bicyclic) bond motifs is 1. The third kappa shape index (κ3) is 1.48. The van der Waals surface area contributed by atoms with Crippen LogP contribution in [0.3, 0.4) is 0 Å². The predicted molar refractivity (Wildman–Crippen MR) is 52.2 cm³/mol. The van der Waals surface area contributed by atoms with Gasteiger partial charge in [-0.3, -0.25) is 9.69 Å². The Morgan fingerprint density at radius 1 is 1.71 bits per heavy atom. The summed E-state index contributed by atoms with van der Waals surface area (Å²) in [5.74, 6) is 0.763. The molecule has 0 spiro atoms. The van der Waals surface area contributed by atoms with Gasteiger partial charge >= 0.3 is 0 Å². The summed E-state index contributed by atoms with van der Waals surface area (Å²) in [6, 6.07) is 3.89. The largest absolute Gasteiger partial charge is 0.375 e. The Hall–Kier alpha value is -1.42. The third-order valence-electron chi connectivity index (χ3n) is 2.30. The Labute approximate surface area is 82.5 Å². The maximum absolute atomic E-state index is 11.6. The zero-order valence-corrected chi connectivity index (χ0v) is 8.06. The average molecular weight is 192 g/mol. The second-order valence-electron chi connectivity index (χ2n) is 3.21. The molecule has 1 aromatic heterocycles. The lowest BCUT2D eigenvalue weighted by Crippen LogP contribution is -2.32. The number of rotatable bonds is 2. The van der Waals surface area contributed by atoms with E-state index < -0.39 is 0 Å². The van der Waals surface area contributed by atoms with Crippen molar-refractivity contribution in [1.29, 1.82) is 0 Å². The van der Waals surface area contributed by atoms with E-state index in [1.54, 1.807) is 11.1 Å². The van der Waals surface area contributed by atoms with Crippen molar-refractivity contribution in [1.82, 2.24) is 4.98 Å². The topological polar surface area (TPSA) is 42.4 Å². The number of hydrogen-bond donors (Lipinski definition) is 0. The predicted octanol–water partition coefficient (Wildman–Crippen LogP) is 0.617. The fourth-order valence-corrected chi connectivity index (χ4v) is 1.65. The first-order valence-corrected chi connectivity index (χ1v) is 4.56. The number of nitrogens with zero attached hydrogens (tertiary/aromatic N) is 2. The molecule has 0 aliphatic carbocycles. The number of pyridine rings is 1. The lowest BCUT2D eigenvalue weighted by Gasteiger charge is -2.14. The van der Waals surface area contributed by atoms with Crippen molar-refractivity contribution in [2.24, 2.45) is 0 Å². The molecule has 0 fully saturated rings. The summed E-state index contributed by atoms with van der Waals surface area (Å²) in [5, 5.41) is 0. The molecule has 0 aromatic carbocycles. The molecule has 1 aromatic rings. The van der Waals surface area contributed by atoms with E-state index in [0.29, 0.717) is 6.54 Å². The van der Waals surface area contributed by atoms with Crippen molar-refractivity contribution in [2.45, 2.75) is 6.42 Å². The van der Waals surface area contributed by atoms with E-state index in [-0.39, 0.29) is 12.5 Å². The number of anilines is 1. The van der Waals surface area contributed by atoms with Crippen molar-refractivity contribution >= 4 is 11.7 Å². The fraction of sp³-hybridized carbons (Fsp3) is 0.400. The van der Waals surface area contributed by atoms with Gasteiger partial charge in [0.15, 0.2) is 0 Å². The Bertz CT molecular complexity index is 352. The molecular weight excluding hydrogens is 180 g/mol. The molecule has 2 heterocycles. The van der Waals surface area contributed by atoms with Crippen LogP contribution in [-0.2, 0) is 16.0 Å². The molecule has 0 radical (unpaired) electrons. The molecule has 0 unspecified atom stereocenters. The Morgan fingerprint density at radius 2 is 2.57 bits per heavy atom. The van der Waals surface area contributed by atoms with Gasteiger partial charge < -0.3 is 4.74 Å². The second-order valence-corrected chi connectivity index (χ2v) is 3.21. The number of hydrogen-bond acceptors (Lipinski definition) is 3. The summed E-state index contributed by atoms with van der Waals surface area (Å²) in [5.41, 5.74) is 1.14. The molecule has 4 nitrogen and oxygen atoms in total. The van der Waals surface area contributed by atoms with Gasteiger partial charge in [-0.1, -0.05) is 6.07 Å². The van der Waals surface area contributed by atoms with Gasteiger partial charge in [0.1, 0.15) is 12.4 Å². The van der Waals surface area contributed by atoms with Gasteiger partial charge in [0, 0.05) is 19.9 Å². The molecule has 0 saturated heterocycles. The monoisotopic (exact) mass is 192 g/mol. The van der Waals surface area contributed by atoms with Gasteiger partial charge in [-0.15, -0.1) is 0 Å². The molecule has 0 saturated carbocycles. The molecule has 2 rings (SSSR count). The number of carbonyl (C=O) groups is 1. The SMILES string of the molecule is COCC(=O)N1CCc2cccnc21. The van der Waals surface area contributed by atoms with E-state index in [0.717, 1.165) is 17.8 Å². The highest BCUT2D eigenvalue weighted by molar-refractivity contribution is 5.95. The lowest BCUT2D eigenvalue weighted by atomic mass is 10.2. The van der Waals surface area contributed by atoms with E-state index in [2.05, 4.69) is 4.98 Å². The highest BCUT2D eigenvalue weighted by Gasteiger charge is 2.24. The molecule has 1 amide bonds. The van der Waals surface area contributed by atoms with E-state index >= 15 is 0 Å². The maximum Gasteiger partial charge on any atom is 0.254 e. The van der Waals surface area contributed by atoms with Crippen molar-refractivity contribution < 1.29 is 9.53 Å². The van der Waals surface area contributed by atoms with Crippen LogP contribution in [0.4, 0.5) is 5.82 Å². The van der Waals surface area contributed by atoms with Gasteiger partial charge in [-0.05, 0) is 18.1 Å². The van der Waals surface area contributed by atoms with Gasteiger partial charge in [0.05, 0.1) is 0 Å². The molecule has 0 N–H and O–H groups in total. The van der Waals surface area contributed by atoms with Gasteiger partial charge in [-0.2, -0.15) is 0 Å². The first kappa shape index (κ1) is 9.15. The van der Waals surface area contributed by atoms with Gasteiger partial charge in [0.25, 0.3) is 5.91 Å². The summed E-state index contributed by atoms with van der Waals surface area (Å²) >= 11 is 0. The first-order valence-electron chi connectivity index (χ1n) is 4.56. The quantitative estimate of drug-likeness (QED) is 0.689. The fourth-order valence-electron chi connectivity index (χ4n) is 1.65. The number of methoxy groups -OCH3 is 1. The van der Waals surface area contributed by atoms with Crippen LogP contribution in [0.25, 0.3) is 0 Å². The summed E-state index contributed by atoms with van der Waals surface area (Å²) in [6.07, 6.45) is 2.59. The second kappa shape index (κ2) is 3.75. The van der Waals surface area contributed by atoms with Crippen molar-refractivity contribution in [3.8, 4) is 0 Å². The molecule has 4 heteroatoms. The van der Waals surface area contributed by atoms with E-state index in [1.807, 2.05) is 12.1 Å². The van der Waals surface area contributed by atoms with Crippen LogP contribution in [0.15, 0.2) is 18.3 Å². The summed E-state index contributed by atoms with van der Waals surface area (Å²) < 4.78 is 4.81. The van der Waals surface area contributed by atoms with Crippen LogP contribution >= 0.6 is 0 Å². The standard InChI is InChI=1S/C10H12N2O2/c1-14-7-9(13)12-6-4-8-3-2-5-11-10(8)12/h2-3,5H,4,6-7H2,1H3. The van der Waals surface area contributed by atoms with Crippen LogP contribution in [0.5, 0.6) is 0 Å². The molecular formula is C10H12N2O2. The summed E-state index contributed by atoms with van der Waals surface area (Å²) in [6.45, 7) is 0.838. The van der Waals surface area contributed by atoms with Crippen LogP contribution in [0.1, 0.15) is 5.56 Å². The summed E-state index contributed by atoms with van der Waals surface area (Å²) in [7, 11) is 1.52. The molecule has 1 aliphatic heterocycles. The van der Waals surface area contributed by atoms with Crippen molar-refractivity contribution in [2.75, 3.05) is 25.2 Å². The Morgan fingerprint density at radius 3 is 3.36 bits per heavy atom. The Balaban J connectivity index is 2.21. The molecule has 1 aliphatic rings. The number of aromatic nitrogens is 1. The average Bonchev–Trinajstić information content (AvgIpc) is 2.61. The van der Waals surface area contributed by atoms with Gasteiger partial charge in [0.2, 0.25) is 0 Å². The highest BCUT2D eigenvalue weighted by Crippen LogP contribution is 2.24. The van der Waals surface area contributed by atoms with Crippen LogP contribution in [0, 0.1) is 0 Å². The van der Waals surface area contributed by atoms with Crippen LogP contribution < -0.4 is 4.90 Å². The van der Waals surface area contributed by atoms with Crippen molar-refractivity contribution in [3.05, 3.63) is 23.9 Å². The zero-order valence-electron chi connectivity index (χ0n) is 8.06. The molecule has 74 valence electrons. The van der Waals surface area contributed by atoms with Crippen LogP contribution in [0.2, 0.25) is 0 Å². The number of carbonyl (C=O) groups excluding carboxylic acids is 1. The molecule has 0 atom stereocenters. The van der Waals surface area contributed by atoms with Crippen molar-refractivity contribution in [3.63, 3.8) is 0 Å². The number of amides is 1. The maximum atomic E-state index is 11.6. The minimum atomic E-state index is -0.0232. The number of ether oxygens (including phenoxy) is 1. The highest BCUT2D eigenvalue weighted by atomic mass is 16.5. The molecule has 14 heavy (non-hydrogen) atoms. The molecule has 0 bridgehead atoms. The third-order valence-corrected chi connectivity index (χ3v) is 2.30.